The highest BCUT2D eigenvalue weighted by Crippen LogP contribution is 2.25. The Morgan fingerprint density at radius 3 is 2.22 bits per heavy atom. The van der Waals surface area contributed by atoms with Crippen molar-refractivity contribution in [2.75, 3.05) is 0 Å². The van der Waals surface area contributed by atoms with Crippen LogP contribution < -0.4 is 10.2 Å². The van der Waals surface area contributed by atoms with E-state index in [1.54, 1.807) is 36.5 Å². The van der Waals surface area contributed by atoms with Gasteiger partial charge < -0.3 is 9.30 Å². The summed E-state index contributed by atoms with van der Waals surface area (Å²) >= 11 is 12.3. The monoisotopic (exact) mass is 463 g/mol. The highest BCUT2D eigenvalue weighted by atomic mass is 35.5. The maximum Gasteiger partial charge on any atom is 0.271 e. The van der Waals surface area contributed by atoms with Crippen LogP contribution in [0, 0.1) is 0 Å². The number of rotatable bonds is 7. The Morgan fingerprint density at radius 2 is 1.56 bits per heavy atom. The largest absolute Gasteiger partial charge is 0.489 e. The van der Waals surface area contributed by atoms with E-state index in [-0.39, 0.29) is 12.5 Å². The fourth-order valence-corrected chi connectivity index (χ4v) is 3.50. The third kappa shape index (κ3) is 5.38. The van der Waals surface area contributed by atoms with E-state index in [0.717, 1.165) is 16.8 Å². The van der Waals surface area contributed by atoms with Crippen LogP contribution in [0.4, 0.5) is 0 Å². The predicted molar refractivity (Wildman–Crippen MR) is 128 cm³/mol. The lowest BCUT2D eigenvalue weighted by Crippen LogP contribution is -2.17. The molecule has 7 heteroatoms. The summed E-state index contributed by atoms with van der Waals surface area (Å²) < 4.78 is 7.73. The van der Waals surface area contributed by atoms with Gasteiger partial charge in [0.25, 0.3) is 5.91 Å². The summed E-state index contributed by atoms with van der Waals surface area (Å²) in [5, 5.41) is 5.16. The van der Waals surface area contributed by atoms with Crippen LogP contribution in [0.5, 0.6) is 5.75 Å². The van der Waals surface area contributed by atoms with Crippen molar-refractivity contribution >= 4 is 35.3 Å². The van der Waals surface area contributed by atoms with Gasteiger partial charge in [0.2, 0.25) is 0 Å². The zero-order valence-corrected chi connectivity index (χ0v) is 18.4. The molecule has 160 valence electrons. The topological polar surface area (TPSA) is 55.6 Å². The molecule has 0 spiro atoms. The molecule has 0 atom stereocenters. The lowest BCUT2D eigenvalue weighted by Gasteiger charge is -2.09. The van der Waals surface area contributed by atoms with Crippen LogP contribution in [-0.4, -0.2) is 16.7 Å². The minimum Gasteiger partial charge on any atom is -0.489 e. The Morgan fingerprint density at radius 1 is 0.906 bits per heavy atom. The number of hydrogen-bond acceptors (Lipinski definition) is 3. The van der Waals surface area contributed by atoms with Gasteiger partial charge in [0.05, 0.1) is 6.21 Å². The van der Waals surface area contributed by atoms with Crippen LogP contribution in [-0.2, 0) is 6.61 Å². The Hall–Kier alpha value is -3.54. The number of nitrogens with zero attached hydrogens (tertiary/aromatic N) is 2. The fraction of sp³-hybridized carbons (Fsp3) is 0.0400. The van der Waals surface area contributed by atoms with Crippen LogP contribution in [0.15, 0.2) is 96.4 Å². The number of hydrazone groups is 1. The molecule has 5 nitrogen and oxygen atoms in total. The molecular weight excluding hydrogens is 445 g/mol. The number of carbonyl (C=O) groups excluding carboxylic acids is 1. The van der Waals surface area contributed by atoms with Gasteiger partial charge in [-0.3, -0.25) is 4.79 Å². The summed E-state index contributed by atoms with van der Waals surface area (Å²) in [4.78, 5) is 12.3. The number of aromatic nitrogens is 1. The summed E-state index contributed by atoms with van der Waals surface area (Å²) in [7, 11) is 0. The van der Waals surface area contributed by atoms with E-state index in [4.69, 9.17) is 27.9 Å². The predicted octanol–water partition coefficient (Wildman–Crippen LogP) is 6.13. The number of benzene rings is 3. The first kappa shape index (κ1) is 21.7. The standard InChI is InChI=1S/C25H19Cl2N3O2/c26-23-4-3-5-24(27)22(23)17-32-21-12-6-18(7-13-21)16-28-29-25(31)19-8-10-20(11-9-19)30-14-1-2-15-30/h1-16H,17H2,(H,29,31)/b28-16+. The minimum atomic E-state index is -0.281. The summed E-state index contributed by atoms with van der Waals surface area (Å²) in [6.45, 7) is 0.269. The zero-order valence-electron chi connectivity index (χ0n) is 16.9. The average molecular weight is 464 g/mol. The Bertz CT molecular complexity index is 1200. The lowest BCUT2D eigenvalue weighted by atomic mass is 10.2. The van der Waals surface area contributed by atoms with Crippen LogP contribution >= 0.6 is 23.2 Å². The normalized spacial score (nSPS) is 10.9. The van der Waals surface area contributed by atoms with Gasteiger partial charge in [-0.1, -0.05) is 29.3 Å². The highest BCUT2D eigenvalue weighted by Gasteiger charge is 2.07. The molecule has 0 saturated heterocycles. The highest BCUT2D eigenvalue weighted by molar-refractivity contribution is 6.35. The number of carbonyl (C=O) groups is 1. The molecule has 0 bridgehead atoms. The molecular formula is C25H19Cl2N3O2. The first-order valence-corrected chi connectivity index (χ1v) is 10.6. The summed E-state index contributed by atoms with van der Waals surface area (Å²) in [6, 6.07) is 23.8. The third-order valence-electron chi connectivity index (χ3n) is 4.74. The smallest absolute Gasteiger partial charge is 0.271 e. The second-order valence-electron chi connectivity index (χ2n) is 6.89. The Balaban J connectivity index is 1.30. The van der Waals surface area contributed by atoms with Gasteiger partial charge >= 0.3 is 0 Å². The van der Waals surface area contributed by atoms with Crippen molar-refractivity contribution in [2.24, 2.45) is 5.10 Å². The molecule has 0 aliphatic heterocycles. The SMILES string of the molecule is O=C(N/N=C/c1ccc(OCc2c(Cl)cccc2Cl)cc1)c1ccc(-n2cccc2)cc1. The van der Waals surface area contributed by atoms with Gasteiger partial charge in [-0.15, -0.1) is 0 Å². The molecule has 0 unspecified atom stereocenters. The molecule has 1 heterocycles. The van der Waals surface area contributed by atoms with Crippen molar-refractivity contribution in [3.8, 4) is 11.4 Å². The number of nitrogens with one attached hydrogen (secondary N) is 1. The van der Waals surface area contributed by atoms with Crippen molar-refractivity contribution < 1.29 is 9.53 Å². The quantitative estimate of drug-likeness (QED) is 0.264. The van der Waals surface area contributed by atoms with Crippen molar-refractivity contribution in [3.05, 3.63) is 118 Å². The van der Waals surface area contributed by atoms with Gasteiger partial charge in [0.1, 0.15) is 12.4 Å². The number of hydrogen-bond donors (Lipinski definition) is 1. The molecule has 0 radical (unpaired) electrons. The zero-order chi connectivity index (χ0) is 22.3. The van der Waals surface area contributed by atoms with E-state index >= 15 is 0 Å². The lowest BCUT2D eigenvalue weighted by molar-refractivity contribution is 0.0955. The molecule has 1 aromatic heterocycles. The first-order chi connectivity index (χ1) is 15.6. The summed E-state index contributed by atoms with van der Waals surface area (Å²) in [5.74, 6) is 0.391. The molecule has 3 aromatic carbocycles. The molecule has 1 amide bonds. The van der Waals surface area contributed by atoms with E-state index in [9.17, 15) is 4.79 Å². The maximum absolute atomic E-state index is 12.3. The summed E-state index contributed by atoms with van der Waals surface area (Å²) in [5.41, 5.74) is 5.60. The minimum absolute atomic E-state index is 0.269. The van der Waals surface area contributed by atoms with Crippen LogP contribution in [0.25, 0.3) is 5.69 Å². The van der Waals surface area contributed by atoms with E-state index in [1.165, 1.54) is 0 Å². The molecule has 0 saturated carbocycles. The second kappa shape index (κ2) is 10.2. The number of ether oxygens (including phenoxy) is 1. The number of amides is 1. The number of halogens is 2. The fourth-order valence-electron chi connectivity index (χ4n) is 3.00. The van der Waals surface area contributed by atoms with Crippen molar-refractivity contribution in [2.45, 2.75) is 6.61 Å². The third-order valence-corrected chi connectivity index (χ3v) is 5.44. The molecule has 0 aliphatic rings. The average Bonchev–Trinajstić information content (AvgIpc) is 3.35. The van der Waals surface area contributed by atoms with Gasteiger partial charge in [-0.05, 0) is 78.4 Å². The van der Waals surface area contributed by atoms with Gasteiger partial charge in [-0.25, -0.2) is 5.43 Å². The Labute approximate surface area is 195 Å². The van der Waals surface area contributed by atoms with E-state index in [1.807, 2.05) is 65.5 Å². The summed E-state index contributed by atoms with van der Waals surface area (Å²) in [6.07, 6.45) is 5.46. The van der Waals surface area contributed by atoms with Crippen LogP contribution in [0.2, 0.25) is 10.0 Å². The van der Waals surface area contributed by atoms with E-state index in [0.29, 0.717) is 21.4 Å². The van der Waals surface area contributed by atoms with Crippen LogP contribution in [0.1, 0.15) is 21.5 Å². The second-order valence-corrected chi connectivity index (χ2v) is 7.71. The maximum atomic E-state index is 12.3. The van der Waals surface area contributed by atoms with Crippen molar-refractivity contribution in [1.29, 1.82) is 0 Å². The van der Waals surface area contributed by atoms with Gasteiger partial charge in [-0.2, -0.15) is 5.10 Å². The first-order valence-electron chi connectivity index (χ1n) is 9.83. The van der Waals surface area contributed by atoms with Gasteiger partial charge in [0.15, 0.2) is 0 Å². The molecule has 32 heavy (non-hydrogen) atoms. The molecule has 0 aliphatic carbocycles. The van der Waals surface area contributed by atoms with E-state index in [2.05, 4.69) is 10.5 Å². The molecule has 0 fully saturated rings. The molecule has 4 rings (SSSR count). The molecule has 4 aromatic rings. The van der Waals surface area contributed by atoms with E-state index < -0.39 is 0 Å². The Kier molecular flexibility index (Phi) is 6.90. The van der Waals surface area contributed by atoms with Crippen molar-refractivity contribution in [3.63, 3.8) is 0 Å². The van der Waals surface area contributed by atoms with Gasteiger partial charge in [0, 0.05) is 39.3 Å². The molecule has 1 N–H and O–H groups in total. The van der Waals surface area contributed by atoms with Crippen molar-refractivity contribution in [1.82, 2.24) is 9.99 Å². The van der Waals surface area contributed by atoms with Crippen LogP contribution in [0.3, 0.4) is 0 Å².